The van der Waals surface area contributed by atoms with E-state index in [-0.39, 0.29) is 23.5 Å². The molecule has 0 bridgehead atoms. The van der Waals surface area contributed by atoms with Crippen LogP contribution in [0.4, 0.5) is 0 Å². The van der Waals surface area contributed by atoms with Crippen molar-refractivity contribution in [3.63, 3.8) is 0 Å². The smallest absolute Gasteiger partial charge is 0.236 e. The molecule has 1 amide bonds. The maximum absolute atomic E-state index is 11.8. The first-order valence-corrected chi connectivity index (χ1v) is 8.32. The summed E-state index contributed by atoms with van der Waals surface area (Å²) in [5, 5.41) is 0. The van der Waals surface area contributed by atoms with E-state index in [1.807, 2.05) is 4.90 Å². The maximum atomic E-state index is 11.8. The molecule has 0 aromatic rings. The molecule has 0 aromatic heterocycles. The molecule has 1 aliphatic heterocycles. The molecule has 5 nitrogen and oxygen atoms in total. The Bertz CT molecular complexity index is 379. The van der Waals surface area contributed by atoms with Crippen LogP contribution in [0.15, 0.2) is 0 Å². The third-order valence-electron chi connectivity index (χ3n) is 3.36. The lowest BCUT2D eigenvalue weighted by molar-refractivity contribution is -0.130. The van der Waals surface area contributed by atoms with E-state index < -0.39 is 9.84 Å². The van der Waals surface area contributed by atoms with E-state index in [9.17, 15) is 13.2 Å². The standard InChI is InChI=1S/C12H24N2O3S/c1-4-5-7-14(9-12(15)13(2)3)11-6-8-18(16,17)10-11/h11H,4-10H2,1-3H3. The van der Waals surface area contributed by atoms with Crippen molar-refractivity contribution in [1.82, 2.24) is 9.80 Å². The van der Waals surface area contributed by atoms with E-state index in [4.69, 9.17) is 0 Å². The van der Waals surface area contributed by atoms with E-state index in [0.29, 0.717) is 13.0 Å². The van der Waals surface area contributed by atoms with Crippen molar-refractivity contribution in [1.29, 1.82) is 0 Å². The lowest BCUT2D eigenvalue weighted by Crippen LogP contribution is -2.43. The number of amides is 1. The van der Waals surface area contributed by atoms with Gasteiger partial charge in [0, 0.05) is 20.1 Å². The van der Waals surface area contributed by atoms with Crippen LogP contribution in [-0.4, -0.2) is 68.9 Å². The van der Waals surface area contributed by atoms with Gasteiger partial charge in [-0.15, -0.1) is 0 Å². The van der Waals surface area contributed by atoms with Crippen molar-refractivity contribution in [2.24, 2.45) is 0 Å². The summed E-state index contributed by atoms with van der Waals surface area (Å²) in [4.78, 5) is 15.4. The molecule has 1 rings (SSSR count). The number of rotatable bonds is 6. The fourth-order valence-electron chi connectivity index (χ4n) is 2.13. The minimum absolute atomic E-state index is 0.0189. The Morgan fingerprint density at radius 2 is 2.00 bits per heavy atom. The zero-order valence-corrected chi connectivity index (χ0v) is 12.4. The van der Waals surface area contributed by atoms with Crippen LogP contribution in [0.3, 0.4) is 0 Å². The zero-order valence-electron chi connectivity index (χ0n) is 11.6. The fraction of sp³-hybridized carbons (Fsp3) is 0.917. The second-order valence-electron chi connectivity index (χ2n) is 5.17. The van der Waals surface area contributed by atoms with E-state index in [1.54, 1.807) is 19.0 Å². The highest BCUT2D eigenvalue weighted by atomic mass is 32.2. The van der Waals surface area contributed by atoms with Crippen LogP contribution in [0.1, 0.15) is 26.2 Å². The van der Waals surface area contributed by atoms with Gasteiger partial charge in [-0.05, 0) is 19.4 Å². The second kappa shape index (κ2) is 6.52. The minimum Gasteiger partial charge on any atom is -0.348 e. The van der Waals surface area contributed by atoms with Crippen LogP contribution in [0, 0.1) is 0 Å². The molecule has 6 heteroatoms. The summed E-state index contributed by atoms with van der Waals surface area (Å²) in [6, 6.07) is 0.0189. The molecule has 106 valence electrons. The Kier molecular flexibility index (Phi) is 5.59. The van der Waals surface area contributed by atoms with Crippen molar-refractivity contribution in [3.05, 3.63) is 0 Å². The first-order chi connectivity index (χ1) is 8.35. The van der Waals surface area contributed by atoms with Gasteiger partial charge in [-0.1, -0.05) is 13.3 Å². The molecular weight excluding hydrogens is 252 g/mol. The predicted molar refractivity (Wildman–Crippen MR) is 72.2 cm³/mol. The highest BCUT2D eigenvalue weighted by Crippen LogP contribution is 2.18. The van der Waals surface area contributed by atoms with Crippen molar-refractivity contribution in [2.45, 2.75) is 32.2 Å². The summed E-state index contributed by atoms with van der Waals surface area (Å²) >= 11 is 0. The van der Waals surface area contributed by atoms with Gasteiger partial charge in [-0.25, -0.2) is 8.42 Å². The van der Waals surface area contributed by atoms with Gasteiger partial charge in [0.15, 0.2) is 9.84 Å². The van der Waals surface area contributed by atoms with Crippen LogP contribution < -0.4 is 0 Å². The van der Waals surface area contributed by atoms with Crippen LogP contribution in [-0.2, 0) is 14.6 Å². The highest BCUT2D eigenvalue weighted by Gasteiger charge is 2.32. The Hall–Kier alpha value is -0.620. The number of carbonyl (C=O) groups is 1. The minimum atomic E-state index is -2.89. The molecule has 1 aliphatic rings. The summed E-state index contributed by atoms with van der Waals surface area (Å²) in [7, 11) is 0.568. The quantitative estimate of drug-likeness (QED) is 0.703. The molecule has 0 saturated carbocycles. The first-order valence-electron chi connectivity index (χ1n) is 6.50. The van der Waals surface area contributed by atoms with Crippen molar-refractivity contribution < 1.29 is 13.2 Å². The van der Waals surface area contributed by atoms with Gasteiger partial charge in [0.25, 0.3) is 0 Å². The van der Waals surface area contributed by atoms with Gasteiger partial charge in [-0.3, -0.25) is 9.69 Å². The summed E-state index contributed by atoms with van der Waals surface area (Å²) in [5.74, 6) is 0.504. The number of sulfone groups is 1. The molecule has 0 N–H and O–H groups in total. The zero-order chi connectivity index (χ0) is 13.8. The van der Waals surface area contributed by atoms with Gasteiger partial charge in [0.2, 0.25) is 5.91 Å². The van der Waals surface area contributed by atoms with Gasteiger partial charge in [-0.2, -0.15) is 0 Å². The number of likely N-dealkylation sites (N-methyl/N-ethyl adjacent to an activating group) is 1. The van der Waals surface area contributed by atoms with E-state index in [2.05, 4.69) is 6.92 Å². The highest BCUT2D eigenvalue weighted by molar-refractivity contribution is 7.91. The maximum Gasteiger partial charge on any atom is 0.236 e. The topological polar surface area (TPSA) is 57.7 Å². The third-order valence-corrected chi connectivity index (χ3v) is 5.11. The van der Waals surface area contributed by atoms with Crippen molar-refractivity contribution in [3.8, 4) is 0 Å². The Morgan fingerprint density at radius 3 is 2.44 bits per heavy atom. The molecule has 1 heterocycles. The molecule has 1 fully saturated rings. The number of nitrogens with zero attached hydrogens (tertiary/aromatic N) is 2. The lowest BCUT2D eigenvalue weighted by atomic mass is 10.2. The summed E-state index contributed by atoms with van der Waals surface area (Å²) < 4.78 is 23.0. The summed E-state index contributed by atoms with van der Waals surface area (Å²) in [5.41, 5.74) is 0. The predicted octanol–water partition coefficient (Wildman–Crippen LogP) is 0.364. The summed E-state index contributed by atoms with van der Waals surface area (Å²) in [6.45, 7) is 3.22. The first kappa shape index (κ1) is 15.4. The molecule has 1 saturated heterocycles. The van der Waals surface area contributed by atoms with Crippen molar-refractivity contribution in [2.75, 3.05) is 38.7 Å². The lowest BCUT2D eigenvalue weighted by Gasteiger charge is -2.28. The third kappa shape index (κ3) is 4.57. The number of unbranched alkanes of at least 4 members (excludes halogenated alkanes) is 1. The largest absolute Gasteiger partial charge is 0.348 e. The molecule has 0 spiro atoms. The Labute approximate surface area is 110 Å². The normalized spacial score (nSPS) is 22.3. The van der Waals surface area contributed by atoms with Crippen LogP contribution in [0.5, 0.6) is 0 Å². The van der Waals surface area contributed by atoms with E-state index in [1.165, 1.54) is 0 Å². The molecule has 18 heavy (non-hydrogen) atoms. The molecule has 0 radical (unpaired) electrons. The van der Waals surface area contributed by atoms with Crippen molar-refractivity contribution >= 4 is 15.7 Å². The average molecular weight is 276 g/mol. The van der Waals surface area contributed by atoms with Crippen LogP contribution in [0.25, 0.3) is 0 Å². The SMILES string of the molecule is CCCCN(CC(=O)N(C)C)C1CCS(=O)(=O)C1. The number of hydrogen-bond acceptors (Lipinski definition) is 4. The molecule has 1 atom stereocenters. The van der Waals surface area contributed by atoms with Crippen LogP contribution >= 0.6 is 0 Å². The monoisotopic (exact) mass is 276 g/mol. The molecule has 0 aliphatic carbocycles. The molecule has 1 unspecified atom stereocenters. The van der Waals surface area contributed by atoms with E-state index >= 15 is 0 Å². The molecular formula is C12H24N2O3S. The average Bonchev–Trinajstić information content (AvgIpc) is 2.64. The summed E-state index contributed by atoms with van der Waals surface area (Å²) in [6.07, 6.45) is 2.70. The van der Waals surface area contributed by atoms with Gasteiger partial charge in [0.1, 0.15) is 0 Å². The fourth-order valence-corrected chi connectivity index (χ4v) is 3.89. The Morgan fingerprint density at radius 1 is 1.33 bits per heavy atom. The number of carbonyl (C=O) groups excluding carboxylic acids is 1. The number of hydrogen-bond donors (Lipinski definition) is 0. The second-order valence-corrected chi connectivity index (χ2v) is 7.40. The van der Waals surface area contributed by atoms with Gasteiger partial charge < -0.3 is 4.90 Å². The van der Waals surface area contributed by atoms with Gasteiger partial charge in [0.05, 0.1) is 18.1 Å². The Balaban J connectivity index is 2.64. The van der Waals surface area contributed by atoms with Crippen LogP contribution in [0.2, 0.25) is 0 Å². The molecule has 0 aromatic carbocycles. The van der Waals surface area contributed by atoms with E-state index in [0.717, 1.165) is 19.4 Å². The van der Waals surface area contributed by atoms with Gasteiger partial charge >= 0.3 is 0 Å².